The lowest BCUT2D eigenvalue weighted by Gasteiger charge is -2.30. The van der Waals surface area contributed by atoms with Crippen molar-refractivity contribution in [3.8, 4) is 0 Å². The molecule has 2 aliphatic rings. The number of guanidine groups is 1. The maximum atomic E-state index is 14.0. The van der Waals surface area contributed by atoms with Gasteiger partial charge in [0.1, 0.15) is 48.3 Å². The fourth-order valence-electron chi connectivity index (χ4n) is 8.45. The summed E-state index contributed by atoms with van der Waals surface area (Å²) in [7, 11) is 0. The van der Waals surface area contributed by atoms with Gasteiger partial charge in [0.05, 0.1) is 44.9 Å². The van der Waals surface area contributed by atoms with Crippen molar-refractivity contribution >= 4 is 77.0 Å². The average molecular weight is 1130 g/mol. The lowest BCUT2D eigenvalue weighted by molar-refractivity contribution is -0.144. The fourth-order valence-corrected chi connectivity index (χ4v) is 8.45. The third-order valence-electron chi connectivity index (χ3n) is 13.1. The predicted octanol–water partition coefficient (Wildman–Crippen LogP) is -7.17. The maximum absolute atomic E-state index is 14.0. The van der Waals surface area contributed by atoms with Gasteiger partial charge in [0.2, 0.25) is 59.1 Å². The van der Waals surface area contributed by atoms with Gasteiger partial charge in [-0.25, -0.2) is 4.79 Å². The summed E-state index contributed by atoms with van der Waals surface area (Å²) >= 11 is 0. The number of aliphatic carboxylic acids is 2. The van der Waals surface area contributed by atoms with Crippen molar-refractivity contribution in [2.75, 3.05) is 45.9 Å². The molecule has 0 aromatic heterocycles. The van der Waals surface area contributed by atoms with Crippen molar-refractivity contribution in [3.63, 3.8) is 0 Å². The molecule has 2 fully saturated rings. The van der Waals surface area contributed by atoms with Gasteiger partial charge in [-0.1, -0.05) is 50.6 Å². The number of amides is 10. The number of carbonyl (C=O) groups is 12. The molecule has 19 N–H and O–H groups in total. The summed E-state index contributed by atoms with van der Waals surface area (Å²) in [6.07, 6.45) is -0.345. The van der Waals surface area contributed by atoms with E-state index in [1.165, 1.54) is 6.92 Å². The molecule has 0 aliphatic carbocycles. The van der Waals surface area contributed by atoms with Crippen molar-refractivity contribution < 1.29 is 83.1 Å². The first-order valence-corrected chi connectivity index (χ1v) is 26.1. The number of likely N-dealkylation sites (tertiary alicyclic amines) is 1. The molecule has 444 valence electrons. The highest BCUT2D eigenvalue weighted by Crippen LogP contribution is 2.18. The number of hydrogen-bond donors (Lipinski definition) is 18. The molecule has 2 aliphatic heterocycles. The Bertz CT molecular complexity index is 2360. The Hall–Kier alpha value is -8.03. The van der Waals surface area contributed by atoms with E-state index in [0.29, 0.717) is 31.4 Å². The fraction of sp³-hybridized carbons (Fsp3) is 0.612. The van der Waals surface area contributed by atoms with Crippen LogP contribution in [-0.2, 0) is 64.0 Å². The van der Waals surface area contributed by atoms with Crippen LogP contribution in [0.3, 0.4) is 0 Å². The van der Waals surface area contributed by atoms with Gasteiger partial charge in [-0.15, -0.1) is 0 Å². The van der Waals surface area contributed by atoms with Crippen LogP contribution in [0.1, 0.15) is 77.7 Å². The van der Waals surface area contributed by atoms with Crippen LogP contribution >= 0.6 is 0 Å². The second-order valence-corrected chi connectivity index (χ2v) is 19.3. The normalized spacial score (nSPS) is 18.1. The molecule has 2 saturated heterocycles. The minimum absolute atomic E-state index is 0.0122. The molecule has 31 heteroatoms. The first-order valence-electron chi connectivity index (χ1n) is 26.1. The average Bonchev–Trinajstić information content (AvgIpc) is 4.15. The second kappa shape index (κ2) is 33.4. The Morgan fingerprint density at radius 2 is 1.29 bits per heavy atom. The highest BCUT2D eigenvalue weighted by Gasteiger charge is 2.39. The highest BCUT2D eigenvalue weighted by atomic mass is 16.4. The molecule has 0 spiro atoms. The molecule has 1 aromatic carbocycles. The summed E-state index contributed by atoms with van der Waals surface area (Å²) in [4.78, 5) is 158. The monoisotopic (exact) mass is 1130 g/mol. The van der Waals surface area contributed by atoms with E-state index in [-0.39, 0.29) is 44.7 Å². The van der Waals surface area contributed by atoms with E-state index in [9.17, 15) is 78.0 Å². The first-order chi connectivity index (χ1) is 37.9. The van der Waals surface area contributed by atoms with Gasteiger partial charge >= 0.3 is 11.9 Å². The van der Waals surface area contributed by atoms with Gasteiger partial charge in [-0.3, -0.25) is 58.1 Å². The number of nitrogens with one attached hydrogen (secondary N) is 12. The highest BCUT2D eigenvalue weighted by molar-refractivity contribution is 5.99. The van der Waals surface area contributed by atoms with Crippen LogP contribution in [0.4, 0.5) is 0 Å². The molecular formula is C49H76N14O17. The number of nitrogens with two attached hydrogens (primary N) is 1. The van der Waals surface area contributed by atoms with Crippen LogP contribution < -0.4 is 64.2 Å². The number of carbonyl (C=O) groups excluding carboxylic acids is 10. The Labute approximate surface area is 460 Å². The van der Waals surface area contributed by atoms with Gasteiger partial charge in [-0.2, -0.15) is 0 Å². The zero-order valence-electron chi connectivity index (χ0n) is 44.7. The van der Waals surface area contributed by atoms with Crippen molar-refractivity contribution in [1.29, 1.82) is 5.41 Å². The van der Waals surface area contributed by atoms with Gasteiger partial charge < -0.3 is 94.7 Å². The molecule has 3 rings (SSSR count). The number of aliphatic hydroxyl groups is 3. The van der Waals surface area contributed by atoms with E-state index < -0.39 is 170 Å². The van der Waals surface area contributed by atoms with Crippen LogP contribution in [0.5, 0.6) is 0 Å². The minimum atomic E-state index is -1.91. The summed E-state index contributed by atoms with van der Waals surface area (Å²) in [5.74, 6) is -13.2. The number of carboxylic acids is 2. The SMILES string of the molecule is CC[C@H](C)[C@H](NC(=O)[C@H](CCCNC(=N)N)NC(=O)[C@@H]1CCCN1)C(=O)N[C@H](C(=O)N[C@@H](Cc1ccccc1)C(=O)NCC(=O)NCC(=O)N1CCC[C@H]1C(=O)N[C@@H](CO)C(=O)N[C@@H](CC(=O)O)C(=O)N[C@@H](CO)C(=O)O)[C@@H](C)O. The second-order valence-electron chi connectivity index (χ2n) is 19.3. The van der Waals surface area contributed by atoms with Crippen molar-refractivity contribution in [2.24, 2.45) is 11.7 Å². The molecule has 31 nitrogen and oxygen atoms in total. The Balaban J connectivity index is 1.67. The Morgan fingerprint density at radius 3 is 1.88 bits per heavy atom. The van der Waals surface area contributed by atoms with E-state index in [2.05, 4.69) is 47.9 Å². The number of rotatable bonds is 33. The van der Waals surface area contributed by atoms with Crippen LogP contribution in [0.25, 0.3) is 0 Å². The summed E-state index contributed by atoms with van der Waals surface area (Å²) in [6, 6.07) is -4.48. The van der Waals surface area contributed by atoms with Crippen LogP contribution in [-0.4, -0.2) is 214 Å². The number of aliphatic hydroxyl groups excluding tert-OH is 3. The number of hydrogen-bond acceptors (Lipinski definition) is 17. The summed E-state index contributed by atoms with van der Waals surface area (Å²) in [5.41, 5.74) is 5.94. The zero-order valence-corrected chi connectivity index (χ0v) is 44.7. The molecule has 0 saturated carbocycles. The third-order valence-corrected chi connectivity index (χ3v) is 13.1. The largest absolute Gasteiger partial charge is 0.481 e. The molecular weight excluding hydrogens is 1060 g/mol. The smallest absolute Gasteiger partial charge is 0.328 e. The zero-order chi connectivity index (χ0) is 59.6. The topological polar surface area (TPSA) is 491 Å². The van der Waals surface area contributed by atoms with Crippen molar-refractivity contribution in [2.45, 2.75) is 139 Å². The molecule has 80 heavy (non-hydrogen) atoms. The number of nitrogens with zero attached hydrogens (tertiary/aromatic N) is 1. The van der Waals surface area contributed by atoms with Gasteiger partial charge in [0.15, 0.2) is 5.96 Å². The van der Waals surface area contributed by atoms with Crippen LogP contribution in [0.15, 0.2) is 30.3 Å². The maximum Gasteiger partial charge on any atom is 0.328 e. The standard InChI is InChI=1S/C49H76N14O17/c1-4-25(2)38(61-42(73)29(14-9-17-53-49(50)51)56-41(72)28-13-8-16-52-28)46(77)62-39(26(3)66)47(78)58-30(19-27-11-6-5-7-12-27)40(71)55-21-35(67)54-22-36(68)63-18-10-15-34(63)45(76)59-32(23-64)44(75)57-31(20-37(69)70)43(74)60-33(24-65)48(79)80/h5-7,11-12,25-26,28-34,38-39,52,64-66H,4,8-10,13-24H2,1-3H3,(H,54,67)(H,55,71)(H,56,72)(H,57,75)(H,58,78)(H,59,76)(H,60,74)(H,61,73)(H,62,77)(H,69,70)(H,79,80)(H4,50,51,53)/t25-,26+,28-,29-,30-,31-,32-,33-,34-,38-,39-/m0/s1. The van der Waals surface area contributed by atoms with E-state index in [0.717, 1.165) is 11.3 Å². The number of benzene rings is 1. The van der Waals surface area contributed by atoms with E-state index >= 15 is 0 Å². The van der Waals surface area contributed by atoms with E-state index in [1.807, 2.05) is 10.6 Å². The predicted molar refractivity (Wildman–Crippen MR) is 280 cm³/mol. The van der Waals surface area contributed by atoms with Gasteiger partial charge in [0, 0.05) is 19.5 Å². The summed E-state index contributed by atoms with van der Waals surface area (Å²) < 4.78 is 0. The number of carboxylic acid groups (broad SMARTS) is 2. The van der Waals surface area contributed by atoms with Crippen molar-refractivity contribution in [3.05, 3.63) is 35.9 Å². The third kappa shape index (κ3) is 21.7. The Kier molecular flexibility index (Phi) is 27.7. The van der Waals surface area contributed by atoms with E-state index in [4.69, 9.17) is 16.2 Å². The van der Waals surface area contributed by atoms with Crippen LogP contribution in [0, 0.1) is 11.3 Å². The minimum Gasteiger partial charge on any atom is -0.481 e. The molecule has 0 radical (unpaired) electrons. The molecule has 2 heterocycles. The quantitative estimate of drug-likeness (QED) is 0.0177. The first kappa shape index (κ1) is 66.3. The molecule has 11 atom stereocenters. The summed E-state index contributed by atoms with van der Waals surface area (Å²) in [5, 5.41) is 82.8. The molecule has 1 aromatic rings. The lowest BCUT2D eigenvalue weighted by atomic mass is 9.96. The molecule has 0 unspecified atom stereocenters. The van der Waals surface area contributed by atoms with Gasteiger partial charge in [0.25, 0.3) is 0 Å². The van der Waals surface area contributed by atoms with Crippen LogP contribution in [0.2, 0.25) is 0 Å². The van der Waals surface area contributed by atoms with Crippen molar-refractivity contribution in [1.82, 2.24) is 63.4 Å². The Morgan fingerprint density at radius 1 is 0.688 bits per heavy atom. The molecule has 0 bridgehead atoms. The summed E-state index contributed by atoms with van der Waals surface area (Å²) in [6.45, 7) is 1.92. The van der Waals surface area contributed by atoms with E-state index in [1.54, 1.807) is 44.2 Å². The molecule has 10 amide bonds. The van der Waals surface area contributed by atoms with Gasteiger partial charge in [-0.05, 0) is 63.5 Å². The lowest BCUT2D eigenvalue weighted by Crippen LogP contribution is -2.62.